The van der Waals surface area contributed by atoms with Gasteiger partial charge in [-0.1, -0.05) is 21.6 Å². The van der Waals surface area contributed by atoms with Gasteiger partial charge >= 0.3 is 0 Å². The molecule has 108 valence electrons. The van der Waals surface area contributed by atoms with Crippen molar-refractivity contribution < 1.29 is 0 Å². The van der Waals surface area contributed by atoms with Crippen LogP contribution in [0.25, 0.3) is 0 Å². The van der Waals surface area contributed by atoms with E-state index in [4.69, 9.17) is 0 Å². The van der Waals surface area contributed by atoms with Crippen molar-refractivity contribution in [3.63, 3.8) is 0 Å². The monoisotopic (exact) mass is 426 g/mol. The fourth-order valence-electron chi connectivity index (χ4n) is 2.79. The highest BCUT2D eigenvalue weighted by Crippen LogP contribution is 2.42. The van der Waals surface area contributed by atoms with Crippen molar-refractivity contribution in [1.29, 1.82) is 0 Å². The molecule has 0 fully saturated rings. The SMILES string of the molecule is Ic1cc2c(cc1SSc1ccc3c(c1)CCN3)CCN2. The summed E-state index contributed by atoms with van der Waals surface area (Å²) in [5.41, 5.74) is 5.53. The zero-order valence-electron chi connectivity index (χ0n) is 11.4. The van der Waals surface area contributed by atoms with E-state index in [1.165, 1.54) is 35.9 Å². The van der Waals surface area contributed by atoms with Gasteiger partial charge in [0, 0.05) is 37.8 Å². The van der Waals surface area contributed by atoms with E-state index < -0.39 is 0 Å². The van der Waals surface area contributed by atoms with E-state index in [1.54, 1.807) is 0 Å². The van der Waals surface area contributed by atoms with Gasteiger partial charge in [-0.05, 0) is 76.9 Å². The topological polar surface area (TPSA) is 24.1 Å². The highest BCUT2D eigenvalue weighted by molar-refractivity contribution is 14.1. The van der Waals surface area contributed by atoms with Gasteiger partial charge in [0.05, 0.1) is 0 Å². The third-order valence-corrected chi connectivity index (χ3v) is 7.55. The van der Waals surface area contributed by atoms with Gasteiger partial charge in [0.15, 0.2) is 0 Å². The van der Waals surface area contributed by atoms with E-state index >= 15 is 0 Å². The summed E-state index contributed by atoms with van der Waals surface area (Å²) in [5, 5.41) is 6.86. The third kappa shape index (κ3) is 2.87. The Morgan fingerprint density at radius 2 is 1.62 bits per heavy atom. The summed E-state index contributed by atoms with van der Waals surface area (Å²) >= 11 is 2.44. The summed E-state index contributed by atoms with van der Waals surface area (Å²) in [4.78, 5) is 2.72. The van der Waals surface area contributed by atoms with Crippen molar-refractivity contribution in [2.45, 2.75) is 22.6 Å². The van der Waals surface area contributed by atoms with E-state index in [9.17, 15) is 0 Å². The second-order valence-electron chi connectivity index (χ2n) is 5.28. The van der Waals surface area contributed by atoms with Crippen LogP contribution >= 0.6 is 44.2 Å². The number of benzene rings is 2. The van der Waals surface area contributed by atoms with Crippen LogP contribution in [0, 0.1) is 3.57 Å². The Bertz CT molecular complexity index is 703. The van der Waals surface area contributed by atoms with E-state index in [1.807, 2.05) is 21.6 Å². The maximum absolute atomic E-state index is 3.44. The van der Waals surface area contributed by atoms with E-state index in [0.717, 1.165) is 25.9 Å². The Labute approximate surface area is 146 Å². The predicted octanol–water partition coefficient (Wildman–Crippen LogP) is 5.03. The number of nitrogens with one attached hydrogen (secondary N) is 2. The maximum atomic E-state index is 3.44. The fourth-order valence-corrected chi connectivity index (χ4v) is 6.15. The standard InChI is InChI=1S/C16H15IN2S2/c17-13-9-15-11(4-6-19-15)8-16(13)21-20-12-1-2-14-10(7-12)3-5-18-14/h1-2,7-9,18-19H,3-6H2. The summed E-state index contributed by atoms with van der Waals surface area (Å²) in [7, 11) is 3.74. The largest absolute Gasteiger partial charge is 0.384 e. The van der Waals surface area contributed by atoms with Crippen molar-refractivity contribution in [2.24, 2.45) is 0 Å². The van der Waals surface area contributed by atoms with E-state index in [2.05, 4.69) is 63.6 Å². The van der Waals surface area contributed by atoms with Gasteiger partial charge in [-0.15, -0.1) is 0 Å². The van der Waals surface area contributed by atoms with Crippen LogP contribution in [0.2, 0.25) is 0 Å². The minimum atomic E-state index is 1.07. The van der Waals surface area contributed by atoms with Crippen LogP contribution in [-0.2, 0) is 12.8 Å². The van der Waals surface area contributed by atoms with Crippen LogP contribution in [0.3, 0.4) is 0 Å². The van der Waals surface area contributed by atoms with Crippen LogP contribution in [0.15, 0.2) is 40.1 Å². The van der Waals surface area contributed by atoms with Crippen molar-refractivity contribution in [3.8, 4) is 0 Å². The Morgan fingerprint density at radius 3 is 2.48 bits per heavy atom. The van der Waals surface area contributed by atoms with Gasteiger partial charge in [0.2, 0.25) is 0 Å². The first-order valence-electron chi connectivity index (χ1n) is 7.07. The highest BCUT2D eigenvalue weighted by atomic mass is 127. The number of anilines is 2. The second kappa shape index (κ2) is 5.93. The lowest BCUT2D eigenvalue weighted by atomic mass is 10.2. The minimum Gasteiger partial charge on any atom is -0.384 e. The number of rotatable bonds is 3. The lowest BCUT2D eigenvalue weighted by Gasteiger charge is -2.08. The van der Waals surface area contributed by atoms with Gasteiger partial charge in [-0.3, -0.25) is 0 Å². The first-order chi connectivity index (χ1) is 10.3. The maximum Gasteiger partial charge on any atom is 0.0384 e. The molecule has 2 nitrogen and oxygen atoms in total. The molecule has 2 aliphatic rings. The molecule has 0 spiro atoms. The molecule has 0 aliphatic carbocycles. The van der Waals surface area contributed by atoms with Crippen molar-refractivity contribution >= 4 is 55.6 Å². The van der Waals surface area contributed by atoms with Crippen LogP contribution in [0.1, 0.15) is 11.1 Å². The molecule has 2 heterocycles. The van der Waals surface area contributed by atoms with Crippen LogP contribution < -0.4 is 10.6 Å². The molecule has 0 bridgehead atoms. The van der Waals surface area contributed by atoms with Gasteiger partial charge < -0.3 is 10.6 Å². The molecule has 0 radical (unpaired) electrons. The molecule has 4 rings (SSSR count). The Hall–Kier alpha value is -0.530. The normalized spacial score (nSPS) is 15.3. The van der Waals surface area contributed by atoms with Gasteiger partial charge in [-0.2, -0.15) is 0 Å². The molecular weight excluding hydrogens is 411 g/mol. The van der Waals surface area contributed by atoms with Gasteiger partial charge in [0.1, 0.15) is 0 Å². The molecule has 21 heavy (non-hydrogen) atoms. The zero-order chi connectivity index (χ0) is 14.2. The molecule has 2 aromatic rings. The lowest BCUT2D eigenvalue weighted by Crippen LogP contribution is -1.91. The molecule has 5 heteroatoms. The first-order valence-corrected chi connectivity index (χ1v) is 10.3. The lowest BCUT2D eigenvalue weighted by molar-refractivity contribution is 1.10. The van der Waals surface area contributed by atoms with Crippen molar-refractivity contribution in [2.75, 3.05) is 23.7 Å². The van der Waals surface area contributed by atoms with Crippen LogP contribution in [0.4, 0.5) is 11.4 Å². The van der Waals surface area contributed by atoms with Crippen LogP contribution in [-0.4, -0.2) is 13.1 Å². The minimum absolute atomic E-state index is 1.07. The Morgan fingerprint density at radius 1 is 0.857 bits per heavy atom. The molecule has 0 saturated heterocycles. The third-order valence-electron chi connectivity index (χ3n) is 3.88. The molecule has 0 atom stereocenters. The molecular formula is C16H15IN2S2. The number of hydrogen-bond donors (Lipinski definition) is 2. The molecule has 0 unspecified atom stereocenters. The van der Waals surface area contributed by atoms with E-state index in [-0.39, 0.29) is 0 Å². The molecule has 0 amide bonds. The summed E-state index contributed by atoms with van der Waals surface area (Å²) in [6, 6.07) is 11.4. The summed E-state index contributed by atoms with van der Waals surface area (Å²) in [5.74, 6) is 0. The zero-order valence-corrected chi connectivity index (χ0v) is 15.2. The number of halogens is 1. The molecule has 2 aliphatic heterocycles. The average molecular weight is 426 g/mol. The quantitative estimate of drug-likeness (QED) is 0.531. The summed E-state index contributed by atoms with van der Waals surface area (Å²) in [6.45, 7) is 2.15. The average Bonchev–Trinajstić information content (AvgIpc) is 3.12. The van der Waals surface area contributed by atoms with Crippen molar-refractivity contribution in [1.82, 2.24) is 0 Å². The Kier molecular flexibility index (Phi) is 3.98. The summed E-state index contributed by atoms with van der Waals surface area (Å²) < 4.78 is 1.33. The predicted molar refractivity (Wildman–Crippen MR) is 102 cm³/mol. The number of hydrogen-bond acceptors (Lipinski definition) is 4. The second-order valence-corrected chi connectivity index (χ2v) is 8.69. The smallest absolute Gasteiger partial charge is 0.0384 e. The molecule has 2 N–H and O–H groups in total. The highest BCUT2D eigenvalue weighted by Gasteiger charge is 2.14. The summed E-state index contributed by atoms with van der Waals surface area (Å²) in [6.07, 6.45) is 2.30. The molecule has 0 saturated carbocycles. The number of fused-ring (bicyclic) bond motifs is 2. The Balaban J connectivity index is 1.52. The van der Waals surface area contributed by atoms with Crippen molar-refractivity contribution in [3.05, 3.63) is 45.0 Å². The van der Waals surface area contributed by atoms with Gasteiger partial charge in [-0.25, -0.2) is 0 Å². The molecule has 0 aromatic heterocycles. The first kappa shape index (κ1) is 14.1. The van der Waals surface area contributed by atoms with Crippen LogP contribution in [0.5, 0.6) is 0 Å². The molecule has 2 aromatic carbocycles. The van der Waals surface area contributed by atoms with Gasteiger partial charge in [0.25, 0.3) is 0 Å². The fraction of sp³-hybridized carbons (Fsp3) is 0.250. The van der Waals surface area contributed by atoms with E-state index in [0.29, 0.717) is 0 Å².